The number of nitrogens with one attached hydrogen (secondary N) is 1. The Morgan fingerprint density at radius 1 is 1.07 bits per heavy atom. The molecule has 1 aliphatic heterocycles. The summed E-state index contributed by atoms with van der Waals surface area (Å²) in [5.41, 5.74) is 16.1. The van der Waals surface area contributed by atoms with Crippen molar-refractivity contribution in [3.05, 3.63) is 82.4 Å². The van der Waals surface area contributed by atoms with Crippen molar-refractivity contribution in [2.75, 3.05) is 19.6 Å². The Balaban J connectivity index is 0.000000141. The number of carbonyl (C=O) groups excluding carboxylic acids is 1. The highest BCUT2D eigenvalue weighted by molar-refractivity contribution is 6.19. The Kier molecular flexibility index (Phi) is 7.71. The van der Waals surface area contributed by atoms with Crippen molar-refractivity contribution in [3.63, 3.8) is 0 Å². The van der Waals surface area contributed by atoms with Crippen molar-refractivity contribution in [2.45, 2.75) is 25.7 Å². The number of benzene rings is 2. The van der Waals surface area contributed by atoms with Crippen molar-refractivity contribution in [2.24, 2.45) is 5.73 Å². The molecule has 1 heterocycles. The van der Waals surface area contributed by atoms with Crippen LogP contribution in [0, 0.1) is 0 Å². The van der Waals surface area contributed by atoms with Gasteiger partial charge in [0.25, 0.3) is 0 Å². The Morgan fingerprint density at radius 2 is 1.73 bits per heavy atom. The molecule has 156 valence electrons. The quantitative estimate of drug-likeness (QED) is 0.540. The van der Waals surface area contributed by atoms with Gasteiger partial charge in [0.15, 0.2) is 0 Å². The number of carboxylic acid groups (broad SMARTS) is 1. The molecule has 0 atom stereocenters. The molecule has 0 saturated carbocycles. The van der Waals surface area contributed by atoms with Crippen LogP contribution in [0.25, 0.3) is 11.1 Å². The van der Waals surface area contributed by atoms with Crippen LogP contribution in [0.3, 0.4) is 0 Å². The summed E-state index contributed by atoms with van der Waals surface area (Å²) in [6.07, 6.45) is 6.62. The summed E-state index contributed by atoms with van der Waals surface area (Å²) >= 11 is 0. The third kappa shape index (κ3) is 5.32. The Hall–Kier alpha value is -3.02. The fraction of sp³-hybridized carbons (Fsp3) is 0.280. The van der Waals surface area contributed by atoms with Gasteiger partial charge in [-0.3, -0.25) is 4.79 Å². The van der Waals surface area contributed by atoms with Gasteiger partial charge in [0, 0.05) is 6.54 Å². The molecule has 0 unspecified atom stereocenters. The topological polar surface area (TPSA) is 92.4 Å². The maximum atomic E-state index is 9.00. The molecule has 0 amide bonds. The molecule has 5 rings (SSSR count). The second kappa shape index (κ2) is 10.7. The molecule has 30 heavy (non-hydrogen) atoms. The number of allylic oxidation sites excluding steroid dienone is 1. The lowest BCUT2D eigenvalue weighted by molar-refractivity contribution is -0.143. The van der Waals surface area contributed by atoms with E-state index in [1.165, 1.54) is 40.7 Å². The number of fused-ring (bicyclic) bond motifs is 3. The van der Waals surface area contributed by atoms with E-state index in [1.807, 2.05) is 0 Å². The molecule has 0 spiro atoms. The molecule has 0 aromatic heterocycles. The molecule has 2 aliphatic carbocycles. The van der Waals surface area contributed by atoms with Gasteiger partial charge in [-0.25, -0.2) is 4.79 Å². The molecular weight excluding hydrogens is 376 g/mol. The molecule has 2 aromatic rings. The van der Waals surface area contributed by atoms with Crippen molar-refractivity contribution in [1.82, 2.24) is 5.32 Å². The van der Waals surface area contributed by atoms with Crippen LogP contribution >= 0.6 is 0 Å². The monoisotopic (exact) mass is 404 g/mol. The summed E-state index contributed by atoms with van der Waals surface area (Å²) < 4.78 is 0. The van der Waals surface area contributed by atoms with Gasteiger partial charge >= 0.3 is 5.97 Å². The van der Waals surface area contributed by atoms with E-state index in [1.54, 1.807) is 11.1 Å². The zero-order valence-electron chi connectivity index (χ0n) is 17.1. The summed E-state index contributed by atoms with van der Waals surface area (Å²) in [5, 5.41) is 10.8. The first-order valence-corrected chi connectivity index (χ1v) is 10.3. The molecule has 5 nitrogen and oxygen atoms in total. The van der Waals surface area contributed by atoms with Crippen LogP contribution in [-0.2, 0) is 22.4 Å². The lowest BCUT2D eigenvalue weighted by atomic mass is 10.0. The zero-order valence-corrected chi connectivity index (χ0v) is 17.1. The highest BCUT2D eigenvalue weighted by Crippen LogP contribution is 2.35. The van der Waals surface area contributed by atoms with Gasteiger partial charge in [-0.05, 0) is 77.7 Å². The van der Waals surface area contributed by atoms with E-state index in [4.69, 9.17) is 20.4 Å². The summed E-state index contributed by atoms with van der Waals surface area (Å²) in [7, 11) is 0. The molecule has 0 bridgehead atoms. The number of carboxylic acids is 1. The van der Waals surface area contributed by atoms with Crippen LogP contribution in [0.15, 0.2) is 60.2 Å². The van der Waals surface area contributed by atoms with Gasteiger partial charge in [0.1, 0.15) is 0 Å². The maximum absolute atomic E-state index is 9.00. The highest BCUT2D eigenvalue weighted by Gasteiger charge is 2.22. The van der Waals surface area contributed by atoms with Gasteiger partial charge in [0.05, 0.1) is 0 Å². The third-order valence-electron chi connectivity index (χ3n) is 5.51. The summed E-state index contributed by atoms with van der Waals surface area (Å²) in [5.74, 6) is -1.43. The molecule has 4 N–H and O–H groups in total. The molecule has 0 radical (unpaired) electrons. The number of rotatable bonds is 3. The highest BCUT2D eigenvalue weighted by atomic mass is 16.4. The fourth-order valence-corrected chi connectivity index (χ4v) is 4.18. The number of nitrogens with two attached hydrogens (primary N) is 1. The van der Waals surface area contributed by atoms with Crippen LogP contribution in [0.4, 0.5) is 0 Å². The van der Waals surface area contributed by atoms with E-state index in [2.05, 4.69) is 59.9 Å². The Labute approximate surface area is 177 Å². The zero-order chi connectivity index (χ0) is 21.3. The average molecular weight is 405 g/mol. The number of hydrogen-bond donors (Lipinski definition) is 3. The largest absolute Gasteiger partial charge is 0.476 e. The second-order valence-electron chi connectivity index (χ2n) is 7.43. The van der Waals surface area contributed by atoms with Crippen LogP contribution in [0.1, 0.15) is 35.1 Å². The van der Waals surface area contributed by atoms with Gasteiger partial charge < -0.3 is 16.2 Å². The third-order valence-corrected chi connectivity index (χ3v) is 5.51. The van der Waals surface area contributed by atoms with Crippen LogP contribution in [0.2, 0.25) is 0 Å². The maximum Gasteiger partial charge on any atom is 0.368 e. The predicted molar refractivity (Wildman–Crippen MR) is 120 cm³/mol. The molecule has 0 saturated heterocycles. The first-order chi connectivity index (χ1) is 14.6. The smallest absolute Gasteiger partial charge is 0.368 e. The average Bonchev–Trinajstić information content (AvgIpc) is 3.36. The van der Waals surface area contributed by atoms with E-state index in [0.717, 1.165) is 32.5 Å². The summed E-state index contributed by atoms with van der Waals surface area (Å²) in [6.45, 7) is 3.00. The molecule has 5 heteroatoms. The molecule has 3 aliphatic rings. The fourth-order valence-electron chi connectivity index (χ4n) is 4.18. The minimum absolute atomic E-state index is 0.167. The Bertz CT molecular complexity index is 976. The van der Waals surface area contributed by atoms with Crippen molar-refractivity contribution in [3.8, 4) is 0 Å². The van der Waals surface area contributed by atoms with E-state index >= 15 is 0 Å². The van der Waals surface area contributed by atoms with Crippen LogP contribution < -0.4 is 11.1 Å². The van der Waals surface area contributed by atoms with Crippen molar-refractivity contribution in [1.29, 1.82) is 0 Å². The number of aliphatic carboxylic acids is 1. The van der Waals surface area contributed by atoms with Crippen LogP contribution in [0.5, 0.6) is 0 Å². The first-order valence-electron chi connectivity index (χ1n) is 10.3. The minimum Gasteiger partial charge on any atom is -0.476 e. The first kappa shape index (κ1) is 21.7. The summed E-state index contributed by atoms with van der Waals surface area (Å²) in [6, 6.07) is 17.4. The van der Waals surface area contributed by atoms with E-state index in [9.17, 15) is 0 Å². The van der Waals surface area contributed by atoms with Gasteiger partial charge in [-0.15, -0.1) is 0 Å². The number of hydrogen-bond acceptors (Lipinski definition) is 4. The van der Waals surface area contributed by atoms with E-state index in [0.29, 0.717) is 0 Å². The van der Waals surface area contributed by atoms with E-state index < -0.39 is 5.97 Å². The van der Waals surface area contributed by atoms with E-state index in [-0.39, 0.29) is 6.29 Å². The molecule has 2 aromatic carbocycles. The predicted octanol–water partition coefficient (Wildman–Crippen LogP) is 3.23. The SMILES string of the molecule is NCCC1=CCc2ccccc21.O=CC(=O)O.c1ccc2c(c1)CC1=C2CCNC1. The normalized spacial score (nSPS) is 15.4. The van der Waals surface area contributed by atoms with Crippen molar-refractivity contribution >= 4 is 23.4 Å². The lowest BCUT2D eigenvalue weighted by Crippen LogP contribution is -2.23. The van der Waals surface area contributed by atoms with Gasteiger partial charge in [-0.1, -0.05) is 54.6 Å². The molecular formula is C25H28N2O3. The number of aldehydes is 1. The van der Waals surface area contributed by atoms with Crippen molar-refractivity contribution < 1.29 is 14.7 Å². The standard InChI is InChI=1S/C12H13N.C11H13N.C2H2O3/c1-2-4-11-9(3-1)7-10-8-13-6-5-12(10)11;12-8-7-10-6-5-9-3-1-2-4-11(9)10;3-1-2(4)5/h1-4,13H,5-8H2;1-4,6H,5,7-8,12H2;1H,(H,4,5). The number of carbonyl (C=O) groups is 2. The molecule has 0 fully saturated rings. The minimum atomic E-state index is -1.43. The second-order valence-corrected chi connectivity index (χ2v) is 7.43. The van der Waals surface area contributed by atoms with Crippen LogP contribution in [-0.4, -0.2) is 37.0 Å². The van der Waals surface area contributed by atoms with Gasteiger partial charge in [0.2, 0.25) is 6.29 Å². The lowest BCUT2D eigenvalue weighted by Gasteiger charge is -2.15. The van der Waals surface area contributed by atoms with Gasteiger partial charge in [-0.2, -0.15) is 0 Å². The summed E-state index contributed by atoms with van der Waals surface area (Å²) in [4.78, 5) is 17.9. The Morgan fingerprint density at radius 3 is 2.43 bits per heavy atom.